The maximum Gasteiger partial charge on any atom is 0.254 e. The van der Waals surface area contributed by atoms with E-state index in [1.54, 1.807) is 6.33 Å². The van der Waals surface area contributed by atoms with Crippen molar-refractivity contribution in [1.82, 2.24) is 14.9 Å². The Morgan fingerprint density at radius 2 is 2.03 bits per heavy atom. The highest BCUT2D eigenvalue weighted by Crippen LogP contribution is 2.56. The minimum absolute atomic E-state index is 0.0414. The monoisotopic (exact) mass is 403 g/mol. The normalized spacial score (nSPS) is 25.8. The van der Waals surface area contributed by atoms with Crippen LogP contribution in [0.5, 0.6) is 0 Å². The second kappa shape index (κ2) is 6.42. The molecule has 0 spiro atoms. The van der Waals surface area contributed by atoms with E-state index in [0.717, 1.165) is 36.0 Å². The summed E-state index contributed by atoms with van der Waals surface area (Å²) < 4.78 is 0. The summed E-state index contributed by atoms with van der Waals surface area (Å²) in [6, 6.07) is 12.2. The molecule has 2 aromatic carbocycles. The highest BCUT2D eigenvalue weighted by molar-refractivity contribution is 5.97. The van der Waals surface area contributed by atoms with E-state index in [4.69, 9.17) is 0 Å². The Morgan fingerprint density at radius 1 is 1.23 bits per heavy atom. The minimum atomic E-state index is -0.473. The van der Waals surface area contributed by atoms with Crippen LogP contribution in [0.1, 0.15) is 67.3 Å². The number of nitrogens with zero attached hydrogens (tertiary/aromatic N) is 2. The number of imidazole rings is 1. The molecule has 1 fully saturated rings. The Balaban J connectivity index is 1.55. The van der Waals surface area contributed by atoms with Crippen molar-refractivity contribution in [2.24, 2.45) is 5.41 Å². The summed E-state index contributed by atoms with van der Waals surface area (Å²) in [6.45, 7) is 9.49. The molecule has 5 heteroatoms. The quantitative estimate of drug-likeness (QED) is 0.668. The van der Waals surface area contributed by atoms with Crippen LogP contribution in [0.4, 0.5) is 0 Å². The van der Waals surface area contributed by atoms with Gasteiger partial charge >= 0.3 is 0 Å². The smallest absolute Gasteiger partial charge is 0.254 e. The molecule has 1 unspecified atom stereocenters. The zero-order chi connectivity index (χ0) is 21.3. The lowest BCUT2D eigenvalue weighted by Gasteiger charge is -2.61. The summed E-state index contributed by atoms with van der Waals surface area (Å²) in [4.78, 5) is 23.0. The first-order valence-corrected chi connectivity index (χ1v) is 10.8. The van der Waals surface area contributed by atoms with Gasteiger partial charge in [-0.1, -0.05) is 39.0 Å². The number of nitrogens with one attached hydrogen (secondary N) is 1. The molecule has 1 saturated heterocycles. The van der Waals surface area contributed by atoms with Gasteiger partial charge in [0.15, 0.2) is 0 Å². The molecule has 1 aromatic heterocycles. The van der Waals surface area contributed by atoms with Gasteiger partial charge in [0.2, 0.25) is 0 Å². The van der Waals surface area contributed by atoms with Crippen LogP contribution in [0.15, 0.2) is 42.7 Å². The number of hydrogen-bond donors (Lipinski definition) is 2. The van der Waals surface area contributed by atoms with Gasteiger partial charge in [0, 0.05) is 23.6 Å². The zero-order valence-corrected chi connectivity index (χ0v) is 18.1. The SMILES string of the molecule is CC(O)c1ccc2c(c1)[C@]1(C)CCN(C(=O)c3ccc4nc[nH]c4c3)[C@H](C2)C1(C)C. The lowest BCUT2D eigenvalue weighted by Crippen LogP contribution is -2.64. The van der Waals surface area contributed by atoms with Gasteiger partial charge < -0.3 is 15.0 Å². The number of aromatic nitrogens is 2. The predicted octanol–water partition coefficient (Wildman–Crippen LogP) is 4.37. The van der Waals surface area contributed by atoms with Gasteiger partial charge in [0.1, 0.15) is 0 Å². The summed E-state index contributed by atoms with van der Waals surface area (Å²) >= 11 is 0. The third-order valence-electron chi connectivity index (χ3n) is 8.04. The molecule has 30 heavy (non-hydrogen) atoms. The summed E-state index contributed by atoms with van der Waals surface area (Å²) in [5.41, 5.74) is 5.96. The maximum atomic E-state index is 13.6. The first-order chi connectivity index (χ1) is 14.2. The van der Waals surface area contributed by atoms with Crippen molar-refractivity contribution in [3.05, 3.63) is 65.0 Å². The molecular weight excluding hydrogens is 374 g/mol. The van der Waals surface area contributed by atoms with Crippen molar-refractivity contribution < 1.29 is 9.90 Å². The Labute approximate surface area is 177 Å². The van der Waals surface area contributed by atoms with Crippen molar-refractivity contribution in [3.63, 3.8) is 0 Å². The third-order valence-corrected chi connectivity index (χ3v) is 8.04. The summed E-state index contributed by atoms with van der Waals surface area (Å²) in [5, 5.41) is 10.1. The van der Waals surface area contributed by atoms with Crippen molar-refractivity contribution >= 4 is 16.9 Å². The molecule has 2 heterocycles. The number of aromatic amines is 1. The number of carbonyl (C=O) groups excluding carboxylic acids is 1. The second-order valence-corrected chi connectivity index (χ2v) is 9.75. The number of likely N-dealkylation sites (tertiary alicyclic amines) is 1. The fourth-order valence-corrected chi connectivity index (χ4v) is 5.66. The van der Waals surface area contributed by atoms with Crippen LogP contribution in [0.2, 0.25) is 0 Å². The van der Waals surface area contributed by atoms with Crippen molar-refractivity contribution in [3.8, 4) is 0 Å². The fourth-order valence-electron chi connectivity index (χ4n) is 5.66. The second-order valence-electron chi connectivity index (χ2n) is 9.75. The van der Waals surface area contributed by atoms with Gasteiger partial charge in [-0.3, -0.25) is 4.79 Å². The van der Waals surface area contributed by atoms with Gasteiger partial charge in [0.05, 0.1) is 23.5 Å². The molecule has 1 aliphatic heterocycles. The minimum Gasteiger partial charge on any atom is -0.389 e. The molecule has 0 saturated carbocycles. The van der Waals surface area contributed by atoms with E-state index in [9.17, 15) is 9.90 Å². The molecule has 3 aromatic rings. The van der Waals surface area contributed by atoms with Gasteiger partial charge in [-0.2, -0.15) is 0 Å². The summed E-state index contributed by atoms with van der Waals surface area (Å²) in [7, 11) is 0. The maximum absolute atomic E-state index is 13.6. The zero-order valence-electron chi connectivity index (χ0n) is 18.1. The van der Waals surface area contributed by atoms with Crippen LogP contribution in [-0.4, -0.2) is 38.5 Å². The number of carbonyl (C=O) groups is 1. The lowest BCUT2D eigenvalue weighted by atomic mass is 9.51. The van der Waals surface area contributed by atoms with E-state index < -0.39 is 6.10 Å². The Bertz CT molecular complexity index is 1150. The highest BCUT2D eigenvalue weighted by atomic mass is 16.3. The van der Waals surface area contributed by atoms with Crippen LogP contribution < -0.4 is 0 Å². The van der Waals surface area contributed by atoms with E-state index in [1.165, 1.54) is 11.1 Å². The number of benzene rings is 2. The summed E-state index contributed by atoms with van der Waals surface area (Å²) in [6.07, 6.45) is 2.94. The first kappa shape index (κ1) is 19.3. The summed E-state index contributed by atoms with van der Waals surface area (Å²) in [5.74, 6) is 0.0932. The molecule has 1 aliphatic carbocycles. The van der Waals surface area contributed by atoms with Crippen LogP contribution >= 0.6 is 0 Å². The van der Waals surface area contributed by atoms with E-state index in [1.807, 2.05) is 31.2 Å². The number of aliphatic hydroxyl groups excluding tert-OH is 1. The average molecular weight is 404 g/mol. The number of rotatable bonds is 2. The topological polar surface area (TPSA) is 69.2 Å². The molecule has 3 atom stereocenters. The molecule has 2 N–H and O–H groups in total. The van der Waals surface area contributed by atoms with E-state index >= 15 is 0 Å². The molecule has 5 rings (SSSR count). The van der Waals surface area contributed by atoms with E-state index in [0.29, 0.717) is 5.56 Å². The molecule has 1 amide bonds. The molecule has 2 bridgehead atoms. The van der Waals surface area contributed by atoms with Crippen LogP contribution in [0, 0.1) is 5.41 Å². The third kappa shape index (κ3) is 2.58. The van der Waals surface area contributed by atoms with Crippen molar-refractivity contribution in [1.29, 1.82) is 0 Å². The van der Waals surface area contributed by atoms with Crippen LogP contribution in [0.3, 0.4) is 0 Å². The predicted molar refractivity (Wildman–Crippen MR) is 117 cm³/mol. The Kier molecular flexibility index (Phi) is 4.13. The fraction of sp³-hybridized carbons (Fsp3) is 0.440. The molecule has 2 aliphatic rings. The lowest BCUT2D eigenvalue weighted by molar-refractivity contribution is -0.0262. The highest BCUT2D eigenvalue weighted by Gasteiger charge is 2.56. The van der Waals surface area contributed by atoms with E-state index in [-0.39, 0.29) is 22.8 Å². The van der Waals surface area contributed by atoms with E-state index in [2.05, 4.69) is 47.8 Å². The van der Waals surface area contributed by atoms with Gasteiger partial charge in [-0.15, -0.1) is 0 Å². The Hall–Kier alpha value is -2.66. The molecular formula is C25H29N3O2. The van der Waals surface area contributed by atoms with Gasteiger partial charge in [-0.25, -0.2) is 4.98 Å². The Morgan fingerprint density at radius 3 is 2.80 bits per heavy atom. The number of hydrogen-bond acceptors (Lipinski definition) is 3. The molecule has 0 radical (unpaired) electrons. The number of fused-ring (bicyclic) bond motifs is 5. The van der Waals surface area contributed by atoms with Gasteiger partial charge in [0.25, 0.3) is 5.91 Å². The number of aliphatic hydroxyl groups is 1. The molecule has 5 nitrogen and oxygen atoms in total. The number of amides is 1. The van der Waals surface area contributed by atoms with Crippen LogP contribution in [-0.2, 0) is 11.8 Å². The molecule has 156 valence electrons. The standard InChI is InChI=1S/C25H29N3O2/c1-15(29)16-5-6-17-13-22-24(2,3)25(4,19(17)11-16)9-10-28(22)23(30)18-7-8-20-21(12-18)27-14-26-20/h5-8,11-12,14-15,22,29H,9-10,13H2,1-4H3,(H,26,27)/t15?,22-,25+/m1/s1. The first-order valence-electron chi connectivity index (χ1n) is 10.8. The van der Waals surface area contributed by atoms with Crippen molar-refractivity contribution in [2.45, 2.75) is 58.1 Å². The van der Waals surface area contributed by atoms with Gasteiger partial charge in [-0.05, 0) is 60.1 Å². The number of piperidine rings is 1. The largest absolute Gasteiger partial charge is 0.389 e. The van der Waals surface area contributed by atoms with Crippen LogP contribution in [0.25, 0.3) is 11.0 Å². The number of H-pyrrole nitrogens is 1. The van der Waals surface area contributed by atoms with Crippen molar-refractivity contribution in [2.75, 3.05) is 6.54 Å². The average Bonchev–Trinajstić information content (AvgIpc) is 3.18.